The zero-order valence-electron chi connectivity index (χ0n) is 28.4. The first-order valence-corrected chi connectivity index (χ1v) is 16.2. The summed E-state index contributed by atoms with van der Waals surface area (Å²) in [6.45, 7) is 14.0. The van der Waals surface area contributed by atoms with E-state index in [1.807, 2.05) is 12.1 Å². The molecule has 1 unspecified atom stereocenters. The fourth-order valence-electron chi connectivity index (χ4n) is 5.82. The van der Waals surface area contributed by atoms with Gasteiger partial charge in [0, 0.05) is 55.6 Å². The Morgan fingerprint density at radius 3 is 2.15 bits per heavy atom. The Balaban J connectivity index is 1.82. The number of aromatic nitrogens is 1. The minimum Gasteiger partial charge on any atom is -0.465 e. The van der Waals surface area contributed by atoms with E-state index in [0.29, 0.717) is 36.8 Å². The van der Waals surface area contributed by atoms with E-state index in [1.165, 1.54) is 18.3 Å². The van der Waals surface area contributed by atoms with Gasteiger partial charge in [0.25, 0.3) is 0 Å². The lowest BCUT2D eigenvalue weighted by Gasteiger charge is -2.55. The highest BCUT2D eigenvalue weighted by atomic mass is 32.1. The Morgan fingerprint density at radius 2 is 1.65 bits per heavy atom. The topological polar surface area (TPSA) is 167 Å². The van der Waals surface area contributed by atoms with Crippen LogP contribution >= 0.6 is 11.3 Å². The molecule has 0 spiro atoms. The summed E-state index contributed by atoms with van der Waals surface area (Å²) in [5.41, 5.74) is 0.575. The third-order valence-corrected chi connectivity index (χ3v) is 8.99. The molecule has 1 aliphatic rings. The van der Waals surface area contributed by atoms with Crippen LogP contribution in [0.4, 0.5) is 20.4 Å². The molecular weight excluding hydrogens is 610 g/mol. The molecule has 0 bridgehead atoms. The van der Waals surface area contributed by atoms with E-state index >= 15 is 0 Å². The number of carboxylic acid groups (broad SMARTS) is 2. The number of likely N-dealkylation sites (tertiary alicyclic amines) is 1. The summed E-state index contributed by atoms with van der Waals surface area (Å²) in [7, 11) is 3.55. The van der Waals surface area contributed by atoms with Gasteiger partial charge >= 0.3 is 12.2 Å². The second-order valence-electron chi connectivity index (χ2n) is 14.0. The summed E-state index contributed by atoms with van der Waals surface area (Å²) in [6, 6.07) is 7.44. The molecule has 1 saturated heterocycles. The third-order valence-electron chi connectivity index (χ3n) is 7.99. The maximum absolute atomic E-state index is 12.6. The number of thiazole rings is 1. The van der Waals surface area contributed by atoms with Crippen molar-refractivity contribution in [2.75, 3.05) is 37.8 Å². The SMILES string of the molecule is CC(=O)Nc1nc(CCc2ccc(NC(NC(=O)O)(N(C(=O)O)C(C)(C)C)C(C)(C)C)cc2)c(CN2CC[C@H](C(=O)N(C)C)C2)s1. The van der Waals surface area contributed by atoms with E-state index in [1.54, 1.807) is 72.7 Å². The summed E-state index contributed by atoms with van der Waals surface area (Å²) >= 11 is 1.45. The van der Waals surface area contributed by atoms with Crippen molar-refractivity contribution in [2.24, 2.45) is 11.3 Å². The van der Waals surface area contributed by atoms with Crippen LogP contribution in [0.1, 0.15) is 71.0 Å². The lowest BCUT2D eigenvalue weighted by Crippen LogP contribution is -2.76. The monoisotopic (exact) mass is 659 g/mol. The van der Waals surface area contributed by atoms with E-state index in [9.17, 15) is 29.4 Å². The van der Waals surface area contributed by atoms with Gasteiger partial charge in [-0.1, -0.05) is 32.9 Å². The average Bonchev–Trinajstić information content (AvgIpc) is 3.52. The van der Waals surface area contributed by atoms with Gasteiger partial charge in [0.15, 0.2) is 5.13 Å². The number of nitrogens with zero attached hydrogens (tertiary/aromatic N) is 4. The quantitative estimate of drug-likeness (QED) is 0.210. The number of carbonyl (C=O) groups is 4. The van der Waals surface area contributed by atoms with E-state index in [-0.39, 0.29) is 17.7 Å². The molecule has 2 aromatic rings. The highest BCUT2D eigenvalue weighted by Gasteiger charge is 2.54. The van der Waals surface area contributed by atoms with Crippen LogP contribution in [0.15, 0.2) is 24.3 Å². The standard InChI is InChI=1S/C32H49N7O6S/c1-20(40)33-27-34-24(25(46-27)19-38-17-16-22(18-38)26(41)37(8)9)15-12-21-10-13-23(14-11-21)35-32(30(2,3)4,36-28(42)43)39(29(44)45)31(5,6)7/h10-11,13-14,22,35-36H,12,15-19H2,1-9H3,(H,42,43)(H,44,45)(H,33,34,40)/t22-,32?/m0/s1. The summed E-state index contributed by atoms with van der Waals surface area (Å²) in [6.07, 6.45) is -0.551. The molecule has 13 nitrogen and oxygen atoms in total. The summed E-state index contributed by atoms with van der Waals surface area (Å²) in [5.74, 6) is -1.78. The van der Waals surface area contributed by atoms with Crippen LogP contribution in [0.3, 0.4) is 0 Å². The number of carbonyl (C=O) groups excluding carboxylic acids is 2. The molecule has 46 heavy (non-hydrogen) atoms. The number of hydrogen-bond acceptors (Lipinski definition) is 8. The fraction of sp³-hybridized carbons (Fsp3) is 0.594. The van der Waals surface area contributed by atoms with Gasteiger partial charge < -0.3 is 25.7 Å². The van der Waals surface area contributed by atoms with E-state index in [2.05, 4.69) is 20.9 Å². The lowest BCUT2D eigenvalue weighted by atomic mass is 9.82. The Kier molecular flexibility index (Phi) is 11.3. The highest BCUT2D eigenvalue weighted by molar-refractivity contribution is 7.15. The molecule has 4 amide bonds. The molecule has 1 aromatic carbocycles. The Morgan fingerprint density at radius 1 is 1.02 bits per heavy atom. The first-order chi connectivity index (χ1) is 21.2. The van der Waals surface area contributed by atoms with Crippen molar-refractivity contribution >= 4 is 46.2 Å². The average molecular weight is 660 g/mol. The molecule has 3 rings (SSSR count). The predicted octanol–water partition coefficient (Wildman–Crippen LogP) is 4.95. The second kappa shape index (κ2) is 14.2. The molecule has 14 heteroatoms. The van der Waals surface area contributed by atoms with Gasteiger partial charge in [0.1, 0.15) is 0 Å². The fourth-order valence-corrected chi connectivity index (χ4v) is 6.92. The third kappa shape index (κ3) is 8.87. The van der Waals surface area contributed by atoms with Crippen LogP contribution in [-0.2, 0) is 29.0 Å². The highest BCUT2D eigenvalue weighted by Crippen LogP contribution is 2.39. The van der Waals surface area contributed by atoms with Gasteiger partial charge in [0.2, 0.25) is 17.6 Å². The Hall–Kier alpha value is -3.91. The van der Waals surface area contributed by atoms with Gasteiger partial charge in [-0.15, -0.1) is 11.3 Å². The largest absolute Gasteiger partial charge is 0.465 e. The molecule has 1 aliphatic heterocycles. The molecule has 254 valence electrons. The number of aryl methyl sites for hydroxylation is 2. The molecule has 1 aromatic heterocycles. The molecule has 0 saturated carbocycles. The summed E-state index contributed by atoms with van der Waals surface area (Å²) in [4.78, 5) is 59.6. The molecular formula is C32H49N7O6S. The van der Waals surface area contributed by atoms with Gasteiger partial charge in [-0.3, -0.25) is 24.7 Å². The van der Waals surface area contributed by atoms with Crippen LogP contribution in [0, 0.1) is 11.3 Å². The van der Waals surface area contributed by atoms with Crippen LogP contribution in [0.25, 0.3) is 0 Å². The van der Waals surface area contributed by atoms with Crippen molar-refractivity contribution in [1.82, 2.24) is 25.0 Å². The summed E-state index contributed by atoms with van der Waals surface area (Å²) in [5, 5.41) is 29.1. The van der Waals surface area contributed by atoms with Crippen molar-refractivity contribution in [3.63, 3.8) is 0 Å². The molecule has 5 N–H and O–H groups in total. The molecule has 2 heterocycles. The Labute approximate surface area is 275 Å². The van der Waals surface area contributed by atoms with Gasteiger partial charge in [0.05, 0.1) is 11.6 Å². The number of anilines is 2. The zero-order chi connectivity index (χ0) is 34.6. The number of rotatable bonds is 11. The molecule has 2 atom stereocenters. The first-order valence-electron chi connectivity index (χ1n) is 15.3. The predicted molar refractivity (Wildman–Crippen MR) is 179 cm³/mol. The van der Waals surface area contributed by atoms with Gasteiger partial charge in [-0.05, 0) is 64.3 Å². The number of benzene rings is 1. The number of amides is 4. The van der Waals surface area contributed by atoms with Crippen LogP contribution in [0.5, 0.6) is 0 Å². The van der Waals surface area contributed by atoms with Crippen LogP contribution in [-0.4, -0.2) is 92.4 Å². The molecule has 1 fully saturated rings. The van der Waals surface area contributed by atoms with Crippen LogP contribution in [0.2, 0.25) is 0 Å². The smallest absolute Gasteiger partial charge is 0.411 e. The van der Waals surface area contributed by atoms with Gasteiger partial charge in [-0.2, -0.15) is 0 Å². The minimum absolute atomic E-state index is 0.0259. The van der Waals surface area contributed by atoms with E-state index < -0.39 is 28.9 Å². The normalized spacial score (nSPS) is 16.8. The van der Waals surface area contributed by atoms with Gasteiger partial charge in [-0.25, -0.2) is 14.6 Å². The number of nitrogens with one attached hydrogen (secondary N) is 3. The van der Waals surface area contributed by atoms with Crippen molar-refractivity contribution in [3.8, 4) is 0 Å². The van der Waals surface area contributed by atoms with E-state index in [0.717, 1.165) is 34.0 Å². The number of hydrogen-bond donors (Lipinski definition) is 5. The van der Waals surface area contributed by atoms with E-state index in [4.69, 9.17) is 4.98 Å². The lowest BCUT2D eigenvalue weighted by molar-refractivity contribution is -0.132. The van der Waals surface area contributed by atoms with Crippen molar-refractivity contribution < 1.29 is 29.4 Å². The first kappa shape index (κ1) is 36.6. The summed E-state index contributed by atoms with van der Waals surface area (Å²) < 4.78 is 0. The Bertz CT molecular complexity index is 1410. The maximum Gasteiger partial charge on any atom is 0.411 e. The van der Waals surface area contributed by atoms with Crippen molar-refractivity contribution in [3.05, 3.63) is 40.4 Å². The van der Waals surface area contributed by atoms with Crippen molar-refractivity contribution in [1.29, 1.82) is 0 Å². The molecule has 0 radical (unpaired) electrons. The minimum atomic E-state index is -1.70. The van der Waals surface area contributed by atoms with Crippen molar-refractivity contribution in [2.45, 2.75) is 85.6 Å². The molecule has 0 aliphatic carbocycles. The van der Waals surface area contributed by atoms with Crippen LogP contribution < -0.4 is 16.0 Å². The second-order valence-corrected chi connectivity index (χ2v) is 15.1. The maximum atomic E-state index is 12.6. The zero-order valence-corrected chi connectivity index (χ0v) is 29.2.